The van der Waals surface area contributed by atoms with E-state index in [-0.39, 0.29) is 23.6 Å². The molecule has 4 rings (SSSR count). The number of nitrogens with zero attached hydrogens (tertiary/aromatic N) is 4. The van der Waals surface area contributed by atoms with E-state index in [2.05, 4.69) is 15.0 Å². The molecule has 0 aliphatic carbocycles. The summed E-state index contributed by atoms with van der Waals surface area (Å²) in [5.41, 5.74) is 10.8. The Kier molecular flexibility index (Phi) is 5.04. The normalized spacial score (nSPS) is 16.9. The molecular weight excluding hydrogens is 377 g/mol. The maximum atomic E-state index is 13.3. The molecular formula is C20H20FN5OS. The molecule has 1 amide bonds. The van der Waals surface area contributed by atoms with Gasteiger partial charge in [0.1, 0.15) is 10.7 Å². The first-order valence-corrected chi connectivity index (χ1v) is 9.98. The van der Waals surface area contributed by atoms with Crippen LogP contribution in [-0.4, -0.2) is 38.8 Å². The zero-order valence-electron chi connectivity index (χ0n) is 15.4. The third kappa shape index (κ3) is 3.60. The lowest BCUT2D eigenvalue weighted by atomic mass is 9.90. The second-order valence-corrected chi connectivity index (χ2v) is 7.75. The van der Waals surface area contributed by atoms with Gasteiger partial charge in [-0.2, -0.15) is 0 Å². The summed E-state index contributed by atoms with van der Waals surface area (Å²) in [4.78, 5) is 28.3. The van der Waals surface area contributed by atoms with E-state index >= 15 is 0 Å². The fourth-order valence-electron chi connectivity index (χ4n) is 3.61. The third-order valence-electron chi connectivity index (χ3n) is 5.03. The van der Waals surface area contributed by atoms with Gasteiger partial charge in [-0.1, -0.05) is 12.1 Å². The van der Waals surface area contributed by atoms with E-state index in [0.29, 0.717) is 18.0 Å². The SMILES string of the molecule is Cc1ncsc1C(=O)N1CCCC(c2nc(N)ncc2-c2ccc(F)cc2)C1. The third-order valence-corrected chi connectivity index (χ3v) is 5.94. The van der Waals surface area contributed by atoms with Gasteiger partial charge in [0, 0.05) is 30.8 Å². The Morgan fingerprint density at radius 3 is 2.79 bits per heavy atom. The molecule has 144 valence electrons. The van der Waals surface area contributed by atoms with Crippen LogP contribution in [0.3, 0.4) is 0 Å². The summed E-state index contributed by atoms with van der Waals surface area (Å²) in [5.74, 6) is -0.0509. The average molecular weight is 397 g/mol. The summed E-state index contributed by atoms with van der Waals surface area (Å²) in [5, 5.41) is 0. The molecule has 2 aromatic heterocycles. The zero-order valence-corrected chi connectivity index (χ0v) is 16.2. The number of thiazole rings is 1. The first-order valence-electron chi connectivity index (χ1n) is 9.10. The average Bonchev–Trinajstić information content (AvgIpc) is 3.14. The van der Waals surface area contributed by atoms with Gasteiger partial charge in [0.2, 0.25) is 5.95 Å². The second kappa shape index (κ2) is 7.63. The van der Waals surface area contributed by atoms with Crippen LogP contribution >= 0.6 is 11.3 Å². The Morgan fingerprint density at radius 1 is 1.29 bits per heavy atom. The van der Waals surface area contributed by atoms with Crippen molar-refractivity contribution in [3.63, 3.8) is 0 Å². The highest BCUT2D eigenvalue weighted by Gasteiger charge is 2.29. The molecule has 0 saturated carbocycles. The van der Waals surface area contributed by atoms with E-state index in [4.69, 9.17) is 5.73 Å². The lowest BCUT2D eigenvalue weighted by molar-refractivity contribution is 0.0710. The Morgan fingerprint density at radius 2 is 2.07 bits per heavy atom. The van der Waals surface area contributed by atoms with Crippen molar-refractivity contribution in [2.45, 2.75) is 25.7 Å². The van der Waals surface area contributed by atoms with Gasteiger partial charge < -0.3 is 10.6 Å². The van der Waals surface area contributed by atoms with Crippen molar-refractivity contribution in [3.8, 4) is 11.1 Å². The number of carbonyl (C=O) groups excluding carboxylic acids is 1. The van der Waals surface area contributed by atoms with Crippen molar-refractivity contribution < 1.29 is 9.18 Å². The molecule has 0 bridgehead atoms. The van der Waals surface area contributed by atoms with Gasteiger partial charge in [-0.05, 0) is 37.5 Å². The number of rotatable bonds is 3. The Bertz CT molecular complexity index is 1000. The number of amides is 1. The van der Waals surface area contributed by atoms with Crippen LogP contribution in [0, 0.1) is 12.7 Å². The number of piperidine rings is 1. The van der Waals surface area contributed by atoms with Crippen LogP contribution in [0.2, 0.25) is 0 Å². The van der Waals surface area contributed by atoms with Crippen molar-refractivity contribution >= 4 is 23.2 Å². The van der Waals surface area contributed by atoms with Crippen LogP contribution in [0.25, 0.3) is 11.1 Å². The van der Waals surface area contributed by atoms with Gasteiger partial charge in [-0.25, -0.2) is 19.3 Å². The molecule has 8 heteroatoms. The number of halogens is 1. The molecule has 1 aliphatic rings. The zero-order chi connectivity index (χ0) is 19.7. The Labute approximate surface area is 166 Å². The van der Waals surface area contributed by atoms with Crippen molar-refractivity contribution in [1.29, 1.82) is 0 Å². The smallest absolute Gasteiger partial charge is 0.265 e. The Hall–Kier alpha value is -2.87. The molecule has 1 saturated heterocycles. The quantitative estimate of drug-likeness (QED) is 0.729. The standard InChI is InChI=1S/C20H20FN5OS/c1-12-18(28-11-24-12)19(27)26-8-2-3-14(10-26)17-16(9-23-20(22)25-17)13-4-6-15(21)7-5-13/h4-7,9,11,14H,2-3,8,10H2,1H3,(H2,22,23,25). The summed E-state index contributed by atoms with van der Waals surface area (Å²) >= 11 is 1.37. The number of anilines is 1. The summed E-state index contributed by atoms with van der Waals surface area (Å²) in [6.45, 7) is 3.11. The summed E-state index contributed by atoms with van der Waals surface area (Å²) in [6, 6.07) is 6.25. The summed E-state index contributed by atoms with van der Waals surface area (Å²) in [7, 11) is 0. The number of hydrogen-bond acceptors (Lipinski definition) is 6. The van der Waals surface area contributed by atoms with Gasteiger partial charge in [0.25, 0.3) is 5.91 Å². The molecule has 28 heavy (non-hydrogen) atoms. The second-order valence-electron chi connectivity index (χ2n) is 6.89. The lowest BCUT2D eigenvalue weighted by Gasteiger charge is -2.33. The first kappa shape index (κ1) is 18.5. The van der Waals surface area contributed by atoms with Crippen LogP contribution < -0.4 is 5.73 Å². The van der Waals surface area contributed by atoms with Crippen molar-refractivity contribution in [2.24, 2.45) is 0 Å². The van der Waals surface area contributed by atoms with Crippen molar-refractivity contribution in [3.05, 3.63) is 58.1 Å². The van der Waals surface area contributed by atoms with Gasteiger partial charge in [0.05, 0.1) is 16.9 Å². The molecule has 1 aliphatic heterocycles. The largest absolute Gasteiger partial charge is 0.368 e. The number of carbonyl (C=O) groups is 1. The van der Waals surface area contributed by atoms with E-state index < -0.39 is 0 Å². The van der Waals surface area contributed by atoms with Crippen LogP contribution in [0.4, 0.5) is 10.3 Å². The number of nitrogen functional groups attached to an aromatic ring is 1. The minimum Gasteiger partial charge on any atom is -0.368 e. The van der Waals surface area contributed by atoms with E-state index in [1.165, 1.54) is 23.5 Å². The molecule has 1 atom stereocenters. The molecule has 1 unspecified atom stereocenters. The molecule has 2 N–H and O–H groups in total. The highest BCUT2D eigenvalue weighted by atomic mass is 32.1. The van der Waals surface area contributed by atoms with Gasteiger partial charge in [0.15, 0.2) is 0 Å². The number of likely N-dealkylation sites (tertiary alicyclic amines) is 1. The maximum absolute atomic E-state index is 13.3. The minimum atomic E-state index is -0.295. The predicted octanol–water partition coefficient (Wildman–Crippen LogP) is 3.65. The van der Waals surface area contributed by atoms with Crippen LogP contribution in [0.1, 0.15) is 39.8 Å². The number of aromatic nitrogens is 3. The number of benzene rings is 1. The fourth-order valence-corrected chi connectivity index (χ4v) is 4.38. The molecule has 1 aromatic carbocycles. The van der Waals surface area contributed by atoms with Gasteiger partial charge in [-0.3, -0.25) is 4.79 Å². The fraction of sp³-hybridized carbons (Fsp3) is 0.300. The summed E-state index contributed by atoms with van der Waals surface area (Å²) in [6.07, 6.45) is 3.45. The number of nitrogens with two attached hydrogens (primary N) is 1. The molecule has 3 heterocycles. The van der Waals surface area contributed by atoms with Gasteiger partial charge in [-0.15, -0.1) is 11.3 Å². The van der Waals surface area contributed by atoms with Crippen molar-refractivity contribution in [1.82, 2.24) is 19.9 Å². The minimum absolute atomic E-state index is 0.00932. The van der Waals surface area contributed by atoms with Crippen LogP contribution in [-0.2, 0) is 0 Å². The molecule has 3 aromatic rings. The number of aryl methyl sites for hydroxylation is 1. The molecule has 0 radical (unpaired) electrons. The lowest BCUT2D eigenvalue weighted by Crippen LogP contribution is -2.39. The first-order chi connectivity index (χ1) is 13.5. The number of hydrogen-bond donors (Lipinski definition) is 1. The highest BCUT2D eigenvalue weighted by molar-refractivity contribution is 7.11. The van der Waals surface area contributed by atoms with Gasteiger partial charge >= 0.3 is 0 Å². The molecule has 6 nitrogen and oxygen atoms in total. The van der Waals surface area contributed by atoms with Crippen LogP contribution in [0.15, 0.2) is 36.0 Å². The maximum Gasteiger partial charge on any atom is 0.265 e. The topological polar surface area (TPSA) is 85.0 Å². The van der Waals surface area contributed by atoms with E-state index in [0.717, 1.165) is 35.4 Å². The Balaban J connectivity index is 1.65. The van der Waals surface area contributed by atoms with Crippen LogP contribution in [0.5, 0.6) is 0 Å². The predicted molar refractivity (Wildman–Crippen MR) is 107 cm³/mol. The van der Waals surface area contributed by atoms with Crippen molar-refractivity contribution in [2.75, 3.05) is 18.8 Å². The molecule has 0 spiro atoms. The highest BCUT2D eigenvalue weighted by Crippen LogP contribution is 2.34. The van der Waals surface area contributed by atoms with E-state index in [1.807, 2.05) is 11.8 Å². The van der Waals surface area contributed by atoms with E-state index in [1.54, 1.807) is 23.8 Å². The molecule has 1 fully saturated rings. The monoisotopic (exact) mass is 397 g/mol. The van der Waals surface area contributed by atoms with E-state index in [9.17, 15) is 9.18 Å². The summed E-state index contributed by atoms with van der Waals surface area (Å²) < 4.78 is 13.3.